The van der Waals surface area contributed by atoms with Crippen LogP contribution in [0.2, 0.25) is 0 Å². The highest BCUT2D eigenvalue weighted by Gasteiger charge is 2.24. The highest BCUT2D eigenvalue weighted by atomic mass is 16.5. The smallest absolute Gasteiger partial charge is 0.269 e. The number of hydrogen-bond donors (Lipinski definition) is 0. The van der Waals surface area contributed by atoms with E-state index in [1.165, 1.54) is 5.01 Å². The van der Waals surface area contributed by atoms with Crippen LogP contribution < -0.4 is 9.47 Å². The highest BCUT2D eigenvalue weighted by molar-refractivity contribution is 6.39. The maximum atomic E-state index is 12.3. The van der Waals surface area contributed by atoms with E-state index < -0.39 is 0 Å². The van der Waals surface area contributed by atoms with Gasteiger partial charge in [0.25, 0.3) is 5.91 Å². The van der Waals surface area contributed by atoms with Gasteiger partial charge < -0.3 is 14.4 Å². The Bertz CT molecular complexity index is 598. The molecule has 1 aliphatic rings. The lowest BCUT2D eigenvalue weighted by molar-refractivity contribution is -0.130. The van der Waals surface area contributed by atoms with Gasteiger partial charge in [-0.15, -0.1) is 0 Å². The number of hydrazone groups is 1. The molecule has 1 aliphatic heterocycles. The van der Waals surface area contributed by atoms with Crippen molar-refractivity contribution in [2.24, 2.45) is 5.10 Å². The first kappa shape index (κ1) is 16.8. The predicted octanol–water partition coefficient (Wildman–Crippen LogP) is 1.14. The topological polar surface area (TPSA) is 71.4 Å². The second kappa shape index (κ2) is 7.62. The van der Waals surface area contributed by atoms with Gasteiger partial charge >= 0.3 is 0 Å². The molecule has 0 unspecified atom stereocenters. The van der Waals surface area contributed by atoms with Gasteiger partial charge in [-0.3, -0.25) is 9.59 Å². The Balaban J connectivity index is 1.82. The van der Waals surface area contributed by atoms with Crippen molar-refractivity contribution in [3.8, 4) is 11.5 Å². The summed E-state index contributed by atoms with van der Waals surface area (Å²) in [6, 6.07) is 7.25. The fourth-order valence-corrected chi connectivity index (χ4v) is 2.12. The molecule has 0 atom stereocenters. The number of likely N-dealkylation sites (N-methyl/N-ethyl adjacent to an activating group) is 1. The van der Waals surface area contributed by atoms with Crippen LogP contribution in [-0.2, 0) is 9.59 Å². The third-order valence-electron chi connectivity index (χ3n) is 3.56. The number of amides is 2. The number of nitrogens with zero attached hydrogens (tertiary/aromatic N) is 3. The first-order valence-corrected chi connectivity index (χ1v) is 7.37. The van der Waals surface area contributed by atoms with Crippen LogP contribution in [0.1, 0.15) is 12.8 Å². The van der Waals surface area contributed by atoms with Crippen molar-refractivity contribution in [2.45, 2.75) is 12.8 Å². The molecular weight excluding hydrogens is 298 g/mol. The van der Waals surface area contributed by atoms with Gasteiger partial charge in [0.05, 0.1) is 13.7 Å². The monoisotopic (exact) mass is 319 g/mol. The maximum absolute atomic E-state index is 12.3. The molecule has 7 heteroatoms. The second-order valence-electron chi connectivity index (χ2n) is 5.21. The van der Waals surface area contributed by atoms with Crippen LogP contribution in [-0.4, -0.2) is 61.8 Å². The Morgan fingerprint density at radius 2 is 1.91 bits per heavy atom. The Morgan fingerprint density at radius 1 is 1.26 bits per heavy atom. The van der Waals surface area contributed by atoms with E-state index in [0.717, 1.165) is 5.75 Å². The first-order chi connectivity index (χ1) is 11.0. The van der Waals surface area contributed by atoms with Gasteiger partial charge in [-0.2, -0.15) is 5.10 Å². The summed E-state index contributed by atoms with van der Waals surface area (Å²) in [5.74, 6) is 1.22. The van der Waals surface area contributed by atoms with E-state index in [-0.39, 0.29) is 11.8 Å². The number of benzene rings is 1. The molecule has 2 rings (SSSR count). The molecule has 0 bridgehead atoms. The Morgan fingerprint density at radius 3 is 2.52 bits per heavy atom. The molecule has 0 saturated carbocycles. The average Bonchev–Trinajstić information content (AvgIpc) is 2.57. The molecule has 1 aromatic carbocycles. The van der Waals surface area contributed by atoms with Crippen LogP contribution in [0.15, 0.2) is 29.4 Å². The molecule has 0 aliphatic carbocycles. The summed E-state index contributed by atoms with van der Waals surface area (Å²) in [6.07, 6.45) is 0.697. The molecule has 0 spiro atoms. The number of carbonyl (C=O) groups is 2. The molecule has 124 valence electrons. The summed E-state index contributed by atoms with van der Waals surface area (Å²) in [6.45, 7) is 0.804. The van der Waals surface area contributed by atoms with Gasteiger partial charge in [0.1, 0.15) is 23.8 Å². The number of ether oxygens (including phenoxy) is 2. The number of rotatable bonds is 6. The van der Waals surface area contributed by atoms with Gasteiger partial charge in [-0.25, -0.2) is 5.01 Å². The van der Waals surface area contributed by atoms with Crippen molar-refractivity contribution < 1.29 is 19.1 Å². The zero-order valence-corrected chi connectivity index (χ0v) is 13.6. The Kier molecular flexibility index (Phi) is 5.56. The fourth-order valence-electron chi connectivity index (χ4n) is 2.12. The standard InChI is InChI=1S/C16H21N3O4/c1-18(16(21)14-8-9-15(20)19(2)17-14)10-11-23-13-6-4-12(22-3)5-7-13/h4-7H,8-11H2,1-3H3. The molecule has 0 aromatic heterocycles. The summed E-state index contributed by atoms with van der Waals surface area (Å²) in [5, 5.41) is 5.24. The van der Waals surface area contributed by atoms with Crippen LogP contribution in [0.25, 0.3) is 0 Å². The largest absolute Gasteiger partial charge is 0.497 e. The van der Waals surface area contributed by atoms with Crippen LogP contribution in [0, 0.1) is 0 Å². The van der Waals surface area contributed by atoms with Gasteiger partial charge in [0.15, 0.2) is 0 Å². The highest BCUT2D eigenvalue weighted by Crippen LogP contribution is 2.17. The summed E-state index contributed by atoms with van der Waals surface area (Å²) in [7, 11) is 4.86. The molecule has 23 heavy (non-hydrogen) atoms. The van der Waals surface area contributed by atoms with Crippen molar-refractivity contribution in [3.05, 3.63) is 24.3 Å². The van der Waals surface area contributed by atoms with Crippen LogP contribution >= 0.6 is 0 Å². The van der Waals surface area contributed by atoms with Crippen LogP contribution in [0.3, 0.4) is 0 Å². The van der Waals surface area contributed by atoms with Crippen LogP contribution in [0.5, 0.6) is 11.5 Å². The Labute approximate surface area is 135 Å². The normalized spacial score (nSPS) is 14.3. The van der Waals surface area contributed by atoms with E-state index >= 15 is 0 Å². The third-order valence-corrected chi connectivity index (χ3v) is 3.56. The summed E-state index contributed by atoms with van der Waals surface area (Å²) in [4.78, 5) is 25.2. The summed E-state index contributed by atoms with van der Waals surface area (Å²) in [5.41, 5.74) is 0.402. The molecule has 0 fully saturated rings. The minimum absolute atomic E-state index is 0.0768. The van der Waals surface area contributed by atoms with Crippen molar-refractivity contribution >= 4 is 17.5 Å². The van der Waals surface area contributed by atoms with Crippen molar-refractivity contribution in [3.63, 3.8) is 0 Å². The van der Waals surface area contributed by atoms with E-state index in [2.05, 4.69) is 5.10 Å². The minimum Gasteiger partial charge on any atom is -0.497 e. The number of carbonyl (C=O) groups excluding carboxylic acids is 2. The SMILES string of the molecule is COc1ccc(OCCN(C)C(=O)C2=NN(C)C(=O)CC2)cc1. The molecule has 7 nitrogen and oxygen atoms in total. The van der Waals surface area contributed by atoms with E-state index in [1.54, 1.807) is 26.1 Å². The lowest BCUT2D eigenvalue weighted by atomic mass is 10.1. The molecule has 1 aromatic rings. The summed E-state index contributed by atoms with van der Waals surface area (Å²) < 4.78 is 10.7. The second-order valence-corrected chi connectivity index (χ2v) is 5.21. The van der Waals surface area contributed by atoms with Gasteiger partial charge in [0, 0.05) is 26.9 Å². The molecule has 1 heterocycles. The van der Waals surface area contributed by atoms with Crippen LogP contribution in [0.4, 0.5) is 0 Å². The van der Waals surface area contributed by atoms with E-state index in [4.69, 9.17) is 9.47 Å². The number of hydrogen-bond acceptors (Lipinski definition) is 5. The van der Waals surface area contributed by atoms with E-state index in [9.17, 15) is 9.59 Å². The van der Waals surface area contributed by atoms with Gasteiger partial charge in [-0.05, 0) is 24.3 Å². The zero-order valence-electron chi connectivity index (χ0n) is 13.6. The Hall–Kier alpha value is -2.57. The average molecular weight is 319 g/mol. The molecule has 0 N–H and O–H groups in total. The molecule has 2 amide bonds. The van der Waals surface area contributed by atoms with Crippen molar-refractivity contribution in [1.82, 2.24) is 9.91 Å². The number of methoxy groups -OCH3 is 1. The molecule has 0 radical (unpaired) electrons. The first-order valence-electron chi connectivity index (χ1n) is 7.37. The van der Waals surface area contributed by atoms with Gasteiger partial charge in [-0.1, -0.05) is 0 Å². The lowest BCUT2D eigenvalue weighted by Crippen LogP contribution is -2.40. The minimum atomic E-state index is -0.178. The van der Waals surface area contributed by atoms with E-state index in [0.29, 0.717) is 37.5 Å². The molecular formula is C16H21N3O4. The van der Waals surface area contributed by atoms with Crippen molar-refractivity contribution in [2.75, 3.05) is 34.4 Å². The quantitative estimate of drug-likeness (QED) is 0.788. The predicted molar refractivity (Wildman–Crippen MR) is 85.6 cm³/mol. The van der Waals surface area contributed by atoms with E-state index in [1.807, 2.05) is 24.3 Å². The van der Waals surface area contributed by atoms with Gasteiger partial charge in [0.2, 0.25) is 5.91 Å². The van der Waals surface area contributed by atoms with Crippen molar-refractivity contribution in [1.29, 1.82) is 0 Å². The fraction of sp³-hybridized carbons (Fsp3) is 0.438. The molecule has 0 saturated heterocycles. The summed E-state index contributed by atoms with van der Waals surface area (Å²) >= 11 is 0. The third kappa shape index (κ3) is 4.45. The maximum Gasteiger partial charge on any atom is 0.269 e. The zero-order chi connectivity index (χ0) is 16.8. The lowest BCUT2D eigenvalue weighted by Gasteiger charge is -2.23.